The standard InChI is InChI=1S/C19H22FN3O3S/c1-13(10-11-26-3)21-18(25)9-8-15-12-27-19(22-15)23(14(2)24)17-7-5-4-6-16(17)20/h4-9,12-13H,10-11H2,1-3H3,(H,21,25)/b9-8+. The molecule has 0 bridgehead atoms. The molecule has 1 atom stereocenters. The molecule has 8 heteroatoms. The summed E-state index contributed by atoms with van der Waals surface area (Å²) in [6.07, 6.45) is 3.65. The van der Waals surface area contributed by atoms with E-state index in [-0.39, 0.29) is 23.5 Å². The van der Waals surface area contributed by atoms with Gasteiger partial charge in [-0.15, -0.1) is 11.3 Å². The van der Waals surface area contributed by atoms with Gasteiger partial charge in [0, 0.05) is 38.1 Å². The summed E-state index contributed by atoms with van der Waals surface area (Å²) in [5, 5.41) is 4.85. The van der Waals surface area contributed by atoms with Crippen molar-refractivity contribution < 1.29 is 18.7 Å². The van der Waals surface area contributed by atoms with E-state index in [1.165, 1.54) is 41.4 Å². The van der Waals surface area contributed by atoms with Crippen LogP contribution in [-0.2, 0) is 14.3 Å². The van der Waals surface area contributed by atoms with Gasteiger partial charge in [0.15, 0.2) is 5.13 Å². The number of hydrogen-bond donors (Lipinski definition) is 1. The molecule has 1 heterocycles. The summed E-state index contributed by atoms with van der Waals surface area (Å²) in [5.74, 6) is -1.11. The lowest BCUT2D eigenvalue weighted by atomic mass is 10.2. The van der Waals surface area contributed by atoms with Crippen LogP contribution >= 0.6 is 11.3 Å². The second kappa shape index (κ2) is 9.94. The maximum absolute atomic E-state index is 14.1. The number of aromatic nitrogens is 1. The fourth-order valence-electron chi connectivity index (χ4n) is 2.31. The van der Waals surface area contributed by atoms with Crippen molar-refractivity contribution in [3.63, 3.8) is 0 Å². The van der Waals surface area contributed by atoms with Gasteiger partial charge in [-0.1, -0.05) is 12.1 Å². The minimum Gasteiger partial charge on any atom is -0.385 e. The average Bonchev–Trinajstić information content (AvgIpc) is 3.08. The van der Waals surface area contributed by atoms with Crippen LogP contribution in [0.3, 0.4) is 0 Å². The van der Waals surface area contributed by atoms with Crippen molar-refractivity contribution in [3.8, 4) is 0 Å². The number of para-hydroxylation sites is 1. The molecule has 0 aliphatic heterocycles. The second-order valence-corrected chi connectivity index (χ2v) is 6.72. The summed E-state index contributed by atoms with van der Waals surface area (Å²) in [4.78, 5) is 29.5. The van der Waals surface area contributed by atoms with Crippen molar-refractivity contribution in [1.82, 2.24) is 10.3 Å². The van der Waals surface area contributed by atoms with Crippen LogP contribution in [0.1, 0.15) is 26.0 Å². The molecule has 2 amide bonds. The maximum atomic E-state index is 14.1. The van der Waals surface area contributed by atoms with E-state index in [0.717, 1.165) is 0 Å². The number of nitrogens with zero attached hydrogens (tertiary/aromatic N) is 2. The highest BCUT2D eigenvalue weighted by atomic mass is 32.1. The van der Waals surface area contributed by atoms with Crippen LogP contribution in [0.4, 0.5) is 15.2 Å². The zero-order valence-corrected chi connectivity index (χ0v) is 16.3. The minimum absolute atomic E-state index is 0.0117. The summed E-state index contributed by atoms with van der Waals surface area (Å²) in [6.45, 7) is 3.81. The Kier molecular flexibility index (Phi) is 7.63. The van der Waals surface area contributed by atoms with Gasteiger partial charge in [0.2, 0.25) is 11.8 Å². The van der Waals surface area contributed by atoms with E-state index < -0.39 is 5.82 Å². The number of carbonyl (C=O) groups excluding carboxylic acids is 2. The number of benzene rings is 1. The lowest BCUT2D eigenvalue weighted by molar-refractivity contribution is -0.117. The lowest BCUT2D eigenvalue weighted by Gasteiger charge is -2.18. The normalized spacial score (nSPS) is 12.1. The summed E-state index contributed by atoms with van der Waals surface area (Å²) in [5.41, 5.74) is 0.650. The first kappa shape index (κ1) is 20.7. The topological polar surface area (TPSA) is 71.5 Å². The molecule has 6 nitrogen and oxygen atoms in total. The van der Waals surface area contributed by atoms with Gasteiger partial charge in [-0.05, 0) is 31.6 Å². The molecule has 1 aromatic heterocycles. The third-order valence-electron chi connectivity index (χ3n) is 3.66. The van der Waals surface area contributed by atoms with Gasteiger partial charge in [0.05, 0.1) is 11.4 Å². The van der Waals surface area contributed by atoms with E-state index >= 15 is 0 Å². The Hall–Kier alpha value is -2.58. The molecular weight excluding hydrogens is 369 g/mol. The number of ether oxygens (including phenoxy) is 1. The largest absolute Gasteiger partial charge is 0.385 e. The fraction of sp³-hybridized carbons (Fsp3) is 0.316. The van der Waals surface area contributed by atoms with Gasteiger partial charge in [-0.2, -0.15) is 0 Å². The van der Waals surface area contributed by atoms with Crippen LogP contribution in [0, 0.1) is 5.82 Å². The Labute approximate surface area is 161 Å². The molecule has 0 saturated heterocycles. The highest BCUT2D eigenvalue weighted by molar-refractivity contribution is 7.14. The molecule has 0 fully saturated rings. The van der Waals surface area contributed by atoms with Crippen LogP contribution in [0.2, 0.25) is 0 Å². The Balaban J connectivity index is 2.09. The predicted octanol–water partition coefficient (Wildman–Crippen LogP) is 3.52. The number of amides is 2. The van der Waals surface area contributed by atoms with Crippen LogP contribution in [0.15, 0.2) is 35.7 Å². The predicted molar refractivity (Wildman–Crippen MR) is 104 cm³/mol. The van der Waals surface area contributed by atoms with E-state index in [1.807, 2.05) is 6.92 Å². The molecule has 0 aliphatic carbocycles. The number of thiazole rings is 1. The monoisotopic (exact) mass is 391 g/mol. The Morgan fingerprint density at radius 1 is 1.41 bits per heavy atom. The van der Waals surface area contributed by atoms with Gasteiger partial charge in [0.1, 0.15) is 5.82 Å². The van der Waals surface area contributed by atoms with Gasteiger partial charge in [-0.3, -0.25) is 14.5 Å². The number of rotatable bonds is 8. The van der Waals surface area contributed by atoms with Crippen molar-refractivity contribution in [2.45, 2.75) is 26.3 Å². The number of carbonyl (C=O) groups is 2. The van der Waals surface area contributed by atoms with Gasteiger partial charge in [-0.25, -0.2) is 9.37 Å². The molecule has 0 spiro atoms. The molecule has 1 aromatic carbocycles. The Morgan fingerprint density at radius 3 is 2.81 bits per heavy atom. The zero-order chi connectivity index (χ0) is 19.8. The molecule has 2 rings (SSSR count). The third-order valence-corrected chi connectivity index (χ3v) is 4.50. The number of nitrogens with one attached hydrogen (secondary N) is 1. The van der Waals surface area contributed by atoms with Crippen molar-refractivity contribution >= 4 is 40.0 Å². The van der Waals surface area contributed by atoms with Crippen LogP contribution in [0.5, 0.6) is 0 Å². The molecular formula is C19H22FN3O3S. The highest BCUT2D eigenvalue weighted by Crippen LogP contribution is 2.30. The maximum Gasteiger partial charge on any atom is 0.244 e. The number of halogens is 1. The summed E-state index contributed by atoms with van der Waals surface area (Å²) in [7, 11) is 1.61. The van der Waals surface area contributed by atoms with Crippen LogP contribution < -0.4 is 10.2 Å². The molecule has 0 aliphatic rings. The third kappa shape index (κ3) is 5.97. The molecule has 0 radical (unpaired) electrons. The van der Waals surface area contributed by atoms with E-state index in [2.05, 4.69) is 10.3 Å². The molecule has 0 saturated carbocycles. The molecule has 2 aromatic rings. The summed E-state index contributed by atoms with van der Waals surface area (Å²) >= 11 is 1.19. The van der Waals surface area contributed by atoms with Crippen LogP contribution in [0.25, 0.3) is 6.08 Å². The molecule has 144 valence electrons. The van der Waals surface area contributed by atoms with E-state index in [0.29, 0.717) is 23.9 Å². The van der Waals surface area contributed by atoms with Gasteiger partial charge < -0.3 is 10.1 Å². The minimum atomic E-state index is -0.510. The smallest absolute Gasteiger partial charge is 0.244 e. The number of anilines is 2. The average molecular weight is 391 g/mol. The van der Waals surface area contributed by atoms with E-state index in [4.69, 9.17) is 4.74 Å². The first-order chi connectivity index (χ1) is 12.9. The first-order valence-corrected chi connectivity index (χ1v) is 9.28. The zero-order valence-electron chi connectivity index (χ0n) is 15.4. The number of methoxy groups -OCH3 is 1. The Bertz CT molecular complexity index is 822. The fourth-order valence-corrected chi connectivity index (χ4v) is 3.16. The van der Waals surface area contributed by atoms with Crippen molar-refractivity contribution in [3.05, 3.63) is 47.2 Å². The highest BCUT2D eigenvalue weighted by Gasteiger charge is 2.20. The van der Waals surface area contributed by atoms with Gasteiger partial charge >= 0.3 is 0 Å². The molecule has 1 N–H and O–H groups in total. The van der Waals surface area contributed by atoms with Gasteiger partial charge in [0.25, 0.3) is 0 Å². The van der Waals surface area contributed by atoms with Crippen molar-refractivity contribution in [2.24, 2.45) is 0 Å². The quantitative estimate of drug-likeness (QED) is 0.699. The van der Waals surface area contributed by atoms with Crippen molar-refractivity contribution in [2.75, 3.05) is 18.6 Å². The lowest BCUT2D eigenvalue weighted by Crippen LogP contribution is -2.31. The van der Waals surface area contributed by atoms with Crippen LogP contribution in [-0.4, -0.2) is 36.6 Å². The Morgan fingerprint density at radius 2 is 2.15 bits per heavy atom. The molecule has 1 unspecified atom stereocenters. The summed E-state index contributed by atoms with van der Waals surface area (Å²) in [6, 6.07) is 6.00. The second-order valence-electron chi connectivity index (χ2n) is 5.89. The SMILES string of the molecule is COCCC(C)NC(=O)/C=C/c1csc(N(C(C)=O)c2ccccc2F)n1. The summed E-state index contributed by atoms with van der Waals surface area (Å²) < 4.78 is 19.0. The van der Waals surface area contributed by atoms with E-state index in [9.17, 15) is 14.0 Å². The van der Waals surface area contributed by atoms with E-state index in [1.54, 1.807) is 30.7 Å². The first-order valence-electron chi connectivity index (χ1n) is 8.40. The molecule has 27 heavy (non-hydrogen) atoms. The number of hydrogen-bond acceptors (Lipinski definition) is 5. The van der Waals surface area contributed by atoms with Crippen molar-refractivity contribution in [1.29, 1.82) is 0 Å².